The minimum absolute atomic E-state index is 0.0878. The number of rotatable bonds is 6. The molecule has 2 aliphatic heterocycles. The molecule has 0 spiro atoms. The summed E-state index contributed by atoms with van der Waals surface area (Å²) in [5, 5.41) is 0. The average Bonchev–Trinajstić information content (AvgIpc) is 2.70. The molecule has 1 unspecified atom stereocenters. The highest BCUT2D eigenvalue weighted by molar-refractivity contribution is 7.89. The zero-order chi connectivity index (χ0) is 18.1. The van der Waals surface area contributed by atoms with E-state index in [0.29, 0.717) is 5.92 Å². The van der Waals surface area contributed by atoms with E-state index in [0.717, 1.165) is 38.5 Å². The Kier molecular flexibility index (Phi) is 5.57. The summed E-state index contributed by atoms with van der Waals surface area (Å²) >= 11 is 0. The predicted octanol–water partition coefficient (Wildman–Crippen LogP) is 3.38. The van der Waals surface area contributed by atoms with Crippen molar-refractivity contribution in [2.45, 2.75) is 64.5 Å². The minimum atomic E-state index is -3.17. The maximum Gasteiger partial charge on any atom is 0.215 e. The van der Waals surface area contributed by atoms with E-state index in [1.165, 1.54) is 5.57 Å². The Hall–Kier alpha value is -0.910. The van der Waals surface area contributed by atoms with Gasteiger partial charge in [-0.1, -0.05) is 44.2 Å². The summed E-state index contributed by atoms with van der Waals surface area (Å²) in [7, 11) is -3.17. The van der Waals surface area contributed by atoms with E-state index in [4.69, 9.17) is 5.73 Å². The Balaban J connectivity index is 1.58. The van der Waals surface area contributed by atoms with E-state index in [9.17, 15) is 8.42 Å². The van der Waals surface area contributed by atoms with Crippen LogP contribution in [0.5, 0.6) is 0 Å². The van der Waals surface area contributed by atoms with Gasteiger partial charge in [0.25, 0.3) is 0 Å². The first-order valence-electron chi connectivity index (χ1n) is 9.60. The van der Waals surface area contributed by atoms with Gasteiger partial charge in [-0.25, -0.2) is 8.42 Å². The maximum atomic E-state index is 12.5. The van der Waals surface area contributed by atoms with Gasteiger partial charge in [0.05, 0.1) is 5.75 Å². The molecule has 0 aromatic carbocycles. The molecule has 3 atom stereocenters. The first kappa shape index (κ1) is 18.9. The number of hydrogen-bond acceptors (Lipinski definition) is 3. The van der Waals surface area contributed by atoms with Crippen molar-refractivity contribution in [3.05, 3.63) is 36.0 Å². The van der Waals surface area contributed by atoms with E-state index in [1.807, 2.05) is 4.31 Å². The lowest BCUT2D eigenvalue weighted by Gasteiger charge is -2.38. The molecule has 25 heavy (non-hydrogen) atoms. The second kappa shape index (κ2) is 7.37. The number of allylic oxidation sites excluding steroid dienone is 6. The lowest BCUT2D eigenvalue weighted by atomic mass is 9.87. The Bertz CT molecular complexity index is 662. The molecular formula is C20H32N2O2S. The first-order valence-corrected chi connectivity index (χ1v) is 11.2. The third-order valence-corrected chi connectivity index (χ3v) is 7.86. The maximum absolute atomic E-state index is 12.5. The van der Waals surface area contributed by atoms with Crippen molar-refractivity contribution in [1.29, 1.82) is 0 Å². The minimum Gasteiger partial charge on any atom is -0.329 e. The molecule has 0 amide bonds. The van der Waals surface area contributed by atoms with Crippen LogP contribution in [0.25, 0.3) is 0 Å². The van der Waals surface area contributed by atoms with Crippen molar-refractivity contribution in [3.8, 4) is 0 Å². The van der Waals surface area contributed by atoms with Crippen molar-refractivity contribution >= 4 is 10.0 Å². The van der Waals surface area contributed by atoms with Gasteiger partial charge in [0, 0.05) is 24.0 Å². The SMILES string of the molecule is CC1(C)C=CC=C(CCC2C[C@H]3CC[C@@H](C2)N3S(=O)(=O)CCN)C=C1. The quantitative estimate of drug-likeness (QED) is 0.786. The molecule has 5 heteroatoms. The summed E-state index contributed by atoms with van der Waals surface area (Å²) < 4.78 is 26.8. The van der Waals surface area contributed by atoms with Gasteiger partial charge in [0.15, 0.2) is 0 Å². The highest BCUT2D eigenvalue weighted by Gasteiger charge is 2.45. The van der Waals surface area contributed by atoms with Crippen molar-refractivity contribution in [2.75, 3.05) is 12.3 Å². The van der Waals surface area contributed by atoms with Gasteiger partial charge < -0.3 is 5.73 Å². The third kappa shape index (κ3) is 4.44. The molecule has 2 saturated heterocycles. The van der Waals surface area contributed by atoms with Gasteiger partial charge >= 0.3 is 0 Å². The van der Waals surface area contributed by atoms with Crippen molar-refractivity contribution < 1.29 is 8.42 Å². The molecule has 140 valence electrons. The summed E-state index contributed by atoms with van der Waals surface area (Å²) in [5.41, 5.74) is 7.00. The highest BCUT2D eigenvalue weighted by Crippen LogP contribution is 2.42. The average molecular weight is 365 g/mol. The van der Waals surface area contributed by atoms with Crippen molar-refractivity contribution in [2.24, 2.45) is 17.1 Å². The van der Waals surface area contributed by atoms with Crippen LogP contribution in [0.2, 0.25) is 0 Å². The van der Waals surface area contributed by atoms with E-state index >= 15 is 0 Å². The molecule has 0 aromatic heterocycles. The summed E-state index contributed by atoms with van der Waals surface area (Å²) in [4.78, 5) is 0. The van der Waals surface area contributed by atoms with Gasteiger partial charge in [-0.05, 0) is 50.0 Å². The van der Waals surface area contributed by atoms with E-state index in [1.54, 1.807) is 0 Å². The lowest BCUT2D eigenvalue weighted by Crippen LogP contribution is -2.48. The van der Waals surface area contributed by atoms with Crippen LogP contribution in [-0.2, 0) is 10.0 Å². The third-order valence-electron chi connectivity index (χ3n) is 5.87. The van der Waals surface area contributed by atoms with Gasteiger partial charge in [-0.3, -0.25) is 0 Å². The molecule has 2 N–H and O–H groups in total. The molecule has 4 nitrogen and oxygen atoms in total. The Morgan fingerprint density at radius 1 is 1.20 bits per heavy atom. The number of hydrogen-bond donors (Lipinski definition) is 1. The van der Waals surface area contributed by atoms with Crippen LogP contribution in [0.4, 0.5) is 0 Å². The molecule has 2 heterocycles. The molecule has 3 rings (SSSR count). The zero-order valence-electron chi connectivity index (χ0n) is 15.5. The van der Waals surface area contributed by atoms with Crippen LogP contribution in [0.1, 0.15) is 52.4 Å². The van der Waals surface area contributed by atoms with Crippen LogP contribution in [0.3, 0.4) is 0 Å². The number of nitrogens with two attached hydrogens (primary N) is 1. The largest absolute Gasteiger partial charge is 0.329 e. The number of fused-ring (bicyclic) bond motifs is 2. The summed E-state index contributed by atoms with van der Waals surface area (Å²) in [5.74, 6) is 0.723. The topological polar surface area (TPSA) is 63.4 Å². The number of sulfonamides is 1. The van der Waals surface area contributed by atoms with E-state index < -0.39 is 10.0 Å². The van der Waals surface area contributed by atoms with Crippen LogP contribution < -0.4 is 5.73 Å². The Morgan fingerprint density at radius 2 is 1.88 bits per heavy atom. The van der Waals surface area contributed by atoms with Gasteiger partial charge in [0.2, 0.25) is 10.0 Å². The second-order valence-electron chi connectivity index (χ2n) is 8.45. The standard InChI is InChI=1S/C20H32N2O2S/c1-20(2)10-3-4-16(9-11-20)5-6-17-14-18-7-8-19(15-17)22(18)25(23,24)13-12-21/h3-4,9-11,17-19H,5-8,12-15,21H2,1-2H3/t17?,18-,19+. The first-order chi connectivity index (χ1) is 11.8. The summed E-state index contributed by atoms with van der Waals surface area (Å²) in [6.07, 6.45) is 17.5. The zero-order valence-corrected chi connectivity index (χ0v) is 16.3. The fourth-order valence-corrected chi connectivity index (χ4v) is 6.38. The van der Waals surface area contributed by atoms with Crippen LogP contribution in [0.15, 0.2) is 36.0 Å². The van der Waals surface area contributed by atoms with Gasteiger partial charge in [0.1, 0.15) is 0 Å². The molecule has 2 fully saturated rings. The van der Waals surface area contributed by atoms with Gasteiger partial charge in [-0.2, -0.15) is 4.31 Å². The fourth-order valence-electron chi connectivity index (χ4n) is 4.58. The summed E-state index contributed by atoms with van der Waals surface area (Å²) in [6.45, 7) is 4.64. The van der Waals surface area contributed by atoms with Crippen molar-refractivity contribution in [3.63, 3.8) is 0 Å². The monoisotopic (exact) mass is 364 g/mol. The summed E-state index contributed by atoms with van der Waals surface area (Å²) in [6, 6.07) is 0.413. The molecular weight excluding hydrogens is 332 g/mol. The highest BCUT2D eigenvalue weighted by atomic mass is 32.2. The molecule has 2 bridgehead atoms. The second-order valence-corrected chi connectivity index (χ2v) is 10.4. The molecule has 0 aromatic rings. The Labute approximate surface area is 152 Å². The van der Waals surface area contributed by atoms with Crippen LogP contribution in [0, 0.1) is 11.3 Å². The fraction of sp³-hybridized carbons (Fsp3) is 0.700. The van der Waals surface area contributed by atoms with E-state index in [-0.39, 0.29) is 29.8 Å². The Morgan fingerprint density at radius 3 is 2.52 bits per heavy atom. The van der Waals surface area contributed by atoms with E-state index in [2.05, 4.69) is 44.2 Å². The number of nitrogens with zero attached hydrogens (tertiary/aromatic N) is 1. The molecule has 0 radical (unpaired) electrons. The van der Waals surface area contributed by atoms with Crippen LogP contribution >= 0.6 is 0 Å². The van der Waals surface area contributed by atoms with Gasteiger partial charge in [-0.15, -0.1) is 0 Å². The molecule has 1 aliphatic carbocycles. The molecule has 3 aliphatic rings. The van der Waals surface area contributed by atoms with Crippen molar-refractivity contribution in [1.82, 2.24) is 4.31 Å². The lowest BCUT2D eigenvalue weighted by molar-refractivity contribution is 0.184. The smallest absolute Gasteiger partial charge is 0.215 e. The normalized spacial score (nSPS) is 31.8. The predicted molar refractivity (Wildman–Crippen MR) is 104 cm³/mol. The number of piperidine rings is 1. The molecule has 0 saturated carbocycles. The van der Waals surface area contributed by atoms with Crippen LogP contribution in [-0.4, -0.2) is 37.1 Å².